The summed E-state index contributed by atoms with van der Waals surface area (Å²) in [6, 6.07) is 0. The first-order chi connectivity index (χ1) is 10.1. The van der Waals surface area contributed by atoms with Crippen molar-refractivity contribution in [1.82, 2.24) is 0 Å². The van der Waals surface area contributed by atoms with Crippen molar-refractivity contribution >= 4 is 11.8 Å². The number of unbranched alkanes of at least 4 members (excludes halogenated alkanes) is 6. The second-order valence-corrected chi connectivity index (χ2v) is 7.80. The van der Waals surface area contributed by atoms with Gasteiger partial charge < -0.3 is 5.11 Å². The molecule has 0 saturated heterocycles. The van der Waals surface area contributed by atoms with Crippen LogP contribution < -0.4 is 0 Å². The van der Waals surface area contributed by atoms with E-state index in [9.17, 15) is 9.50 Å². The normalized spacial score (nSPS) is 15.9. The lowest BCUT2D eigenvalue weighted by Gasteiger charge is -2.16. The maximum absolute atomic E-state index is 13.6. The maximum Gasteiger partial charge on any atom is 0.101 e. The largest absolute Gasteiger partial charge is 0.392 e. The number of halogens is 1. The highest BCUT2D eigenvalue weighted by atomic mass is 32.2. The molecule has 0 aliphatic carbocycles. The highest BCUT2D eigenvalue weighted by molar-refractivity contribution is 7.99. The summed E-state index contributed by atoms with van der Waals surface area (Å²) in [5.41, 5.74) is 0. The predicted octanol–water partition coefficient (Wildman–Crippen LogP) is 6.14. The number of hydrogen-bond acceptors (Lipinski definition) is 2. The minimum atomic E-state index is -0.664. The van der Waals surface area contributed by atoms with Crippen LogP contribution in [0.25, 0.3) is 0 Å². The first kappa shape index (κ1) is 21.2. The van der Waals surface area contributed by atoms with Crippen molar-refractivity contribution in [2.75, 3.05) is 5.75 Å². The summed E-state index contributed by atoms with van der Waals surface area (Å²) in [4.78, 5) is 0. The third-order valence-corrected chi connectivity index (χ3v) is 5.26. The lowest BCUT2D eigenvalue weighted by Crippen LogP contribution is -2.15. The predicted molar refractivity (Wildman–Crippen MR) is 95.0 cm³/mol. The fraction of sp³-hybridized carbons (Fsp3) is 1.00. The van der Waals surface area contributed by atoms with Crippen molar-refractivity contribution in [2.45, 2.75) is 109 Å². The van der Waals surface area contributed by atoms with E-state index in [1.54, 1.807) is 11.8 Å². The van der Waals surface area contributed by atoms with Gasteiger partial charge in [-0.15, -0.1) is 0 Å². The first-order valence-corrected chi connectivity index (χ1v) is 10.1. The first-order valence-electron chi connectivity index (χ1n) is 9.03. The lowest BCUT2D eigenvalue weighted by molar-refractivity contribution is 0.184. The standard InChI is InChI=1S/C18H37FOS/c1-4-6-8-9-10-11-13-18(20)15-21-16(3)14-17(19)12-7-5-2/h16-18,20H,4-15H2,1-3H3. The second kappa shape index (κ2) is 15.1. The van der Waals surface area contributed by atoms with E-state index in [0.29, 0.717) is 18.1 Å². The van der Waals surface area contributed by atoms with Crippen LogP contribution in [0, 0.1) is 0 Å². The molecule has 0 fully saturated rings. The summed E-state index contributed by atoms with van der Waals surface area (Å²) < 4.78 is 13.6. The van der Waals surface area contributed by atoms with E-state index in [4.69, 9.17) is 0 Å². The van der Waals surface area contributed by atoms with E-state index in [2.05, 4.69) is 20.8 Å². The van der Waals surface area contributed by atoms with Gasteiger partial charge in [0.05, 0.1) is 6.10 Å². The van der Waals surface area contributed by atoms with Gasteiger partial charge in [-0.2, -0.15) is 11.8 Å². The molecule has 0 heterocycles. The van der Waals surface area contributed by atoms with E-state index in [1.165, 1.54) is 32.1 Å². The van der Waals surface area contributed by atoms with Crippen LogP contribution >= 0.6 is 11.8 Å². The topological polar surface area (TPSA) is 20.2 Å². The van der Waals surface area contributed by atoms with Crippen molar-refractivity contribution < 1.29 is 9.50 Å². The smallest absolute Gasteiger partial charge is 0.101 e. The molecule has 0 aliphatic rings. The van der Waals surface area contributed by atoms with Gasteiger partial charge >= 0.3 is 0 Å². The molecule has 1 N–H and O–H groups in total. The van der Waals surface area contributed by atoms with Crippen LogP contribution in [0.2, 0.25) is 0 Å². The highest BCUT2D eigenvalue weighted by Crippen LogP contribution is 2.22. The number of aliphatic hydroxyl groups is 1. The van der Waals surface area contributed by atoms with Crippen LogP contribution in [-0.2, 0) is 0 Å². The minimum Gasteiger partial charge on any atom is -0.392 e. The quantitative estimate of drug-likeness (QED) is 0.366. The number of thioether (sulfide) groups is 1. The summed E-state index contributed by atoms with van der Waals surface area (Å²) in [5, 5.41) is 10.3. The highest BCUT2D eigenvalue weighted by Gasteiger charge is 2.13. The summed E-state index contributed by atoms with van der Waals surface area (Å²) in [5.74, 6) is 0.761. The number of alkyl halides is 1. The van der Waals surface area contributed by atoms with E-state index < -0.39 is 6.17 Å². The zero-order chi connectivity index (χ0) is 15.9. The molecule has 128 valence electrons. The second-order valence-electron chi connectivity index (χ2n) is 6.33. The molecule has 3 atom stereocenters. The Labute approximate surface area is 136 Å². The molecule has 3 unspecified atom stereocenters. The third kappa shape index (κ3) is 14.9. The van der Waals surface area contributed by atoms with Gasteiger partial charge in [0.25, 0.3) is 0 Å². The number of rotatable bonds is 15. The molecule has 0 saturated carbocycles. The van der Waals surface area contributed by atoms with Gasteiger partial charge in [-0.25, -0.2) is 4.39 Å². The van der Waals surface area contributed by atoms with Gasteiger partial charge in [0.15, 0.2) is 0 Å². The molecule has 0 rings (SSSR count). The van der Waals surface area contributed by atoms with E-state index in [1.807, 2.05) is 0 Å². The van der Waals surface area contributed by atoms with Gasteiger partial charge in [-0.1, -0.05) is 72.1 Å². The van der Waals surface area contributed by atoms with Crippen molar-refractivity contribution in [3.8, 4) is 0 Å². The molecule has 0 amide bonds. The summed E-state index contributed by atoms with van der Waals surface area (Å²) in [6.45, 7) is 6.41. The van der Waals surface area contributed by atoms with Gasteiger partial charge in [-0.05, 0) is 19.3 Å². The zero-order valence-electron chi connectivity index (χ0n) is 14.5. The Balaban J connectivity index is 3.47. The van der Waals surface area contributed by atoms with Gasteiger partial charge in [0.1, 0.15) is 6.17 Å². The maximum atomic E-state index is 13.6. The third-order valence-electron chi connectivity index (χ3n) is 3.92. The molecule has 0 spiro atoms. The Morgan fingerprint density at radius 3 is 2.19 bits per heavy atom. The molecular weight excluding hydrogens is 283 g/mol. The SMILES string of the molecule is CCCCCCCCC(O)CSC(C)CC(F)CCCC. The van der Waals surface area contributed by atoms with Crippen LogP contribution in [0.5, 0.6) is 0 Å². The minimum absolute atomic E-state index is 0.211. The fourth-order valence-corrected chi connectivity index (χ4v) is 3.55. The number of hydrogen-bond donors (Lipinski definition) is 1. The van der Waals surface area contributed by atoms with Gasteiger partial charge in [0.2, 0.25) is 0 Å². The van der Waals surface area contributed by atoms with E-state index in [0.717, 1.165) is 31.4 Å². The molecule has 0 aromatic carbocycles. The average molecular weight is 321 g/mol. The van der Waals surface area contributed by atoms with Crippen molar-refractivity contribution in [2.24, 2.45) is 0 Å². The van der Waals surface area contributed by atoms with Gasteiger partial charge in [-0.3, -0.25) is 0 Å². The Bertz CT molecular complexity index is 213. The molecule has 1 nitrogen and oxygen atoms in total. The monoisotopic (exact) mass is 320 g/mol. The average Bonchev–Trinajstić information content (AvgIpc) is 2.46. The van der Waals surface area contributed by atoms with Crippen molar-refractivity contribution in [1.29, 1.82) is 0 Å². The molecule has 0 aliphatic heterocycles. The van der Waals surface area contributed by atoms with E-state index in [-0.39, 0.29) is 6.10 Å². The Kier molecular flexibility index (Phi) is 15.3. The molecule has 0 radical (unpaired) electrons. The van der Waals surface area contributed by atoms with Crippen LogP contribution in [0.4, 0.5) is 4.39 Å². The molecule has 0 aromatic heterocycles. The van der Waals surface area contributed by atoms with Crippen molar-refractivity contribution in [3.05, 3.63) is 0 Å². The van der Waals surface area contributed by atoms with Gasteiger partial charge in [0, 0.05) is 11.0 Å². The summed E-state index contributed by atoms with van der Waals surface area (Å²) in [6.07, 6.45) is 11.0. The molecule has 0 aromatic rings. The Morgan fingerprint density at radius 1 is 0.905 bits per heavy atom. The van der Waals surface area contributed by atoms with Crippen LogP contribution in [0.1, 0.15) is 91.4 Å². The fourth-order valence-electron chi connectivity index (χ4n) is 2.49. The van der Waals surface area contributed by atoms with Crippen LogP contribution in [0.15, 0.2) is 0 Å². The Morgan fingerprint density at radius 2 is 1.52 bits per heavy atom. The number of aliphatic hydroxyl groups excluding tert-OH is 1. The Hall–Kier alpha value is 0.240. The zero-order valence-corrected chi connectivity index (χ0v) is 15.3. The molecule has 21 heavy (non-hydrogen) atoms. The van der Waals surface area contributed by atoms with E-state index >= 15 is 0 Å². The van der Waals surface area contributed by atoms with Crippen LogP contribution in [-0.4, -0.2) is 28.4 Å². The lowest BCUT2D eigenvalue weighted by atomic mass is 10.1. The van der Waals surface area contributed by atoms with Crippen molar-refractivity contribution in [3.63, 3.8) is 0 Å². The summed E-state index contributed by atoms with van der Waals surface area (Å²) in [7, 11) is 0. The summed E-state index contributed by atoms with van der Waals surface area (Å²) >= 11 is 1.73. The molecular formula is C18H37FOS. The molecule has 0 bridgehead atoms. The molecule has 3 heteroatoms. The van der Waals surface area contributed by atoms with Crippen LogP contribution in [0.3, 0.4) is 0 Å².